The molecule has 2 rings (SSSR count). The average molecular weight is 441 g/mol. The molecule has 0 amide bonds. The SMILES string of the molecule is OC(c1cc(Cl)cc(Br)c1)C(O)c1cc(Cl)cc(Br)c1. The van der Waals surface area contributed by atoms with Crippen LogP contribution in [0.5, 0.6) is 0 Å². The molecule has 0 radical (unpaired) electrons. The third-order valence-electron chi connectivity index (χ3n) is 2.75. The van der Waals surface area contributed by atoms with Crippen LogP contribution in [0.15, 0.2) is 45.3 Å². The second-order valence-corrected chi connectivity index (χ2v) is 7.00. The van der Waals surface area contributed by atoms with Crippen LogP contribution < -0.4 is 0 Å². The summed E-state index contributed by atoms with van der Waals surface area (Å²) in [6.07, 6.45) is -2.20. The highest BCUT2D eigenvalue weighted by Gasteiger charge is 2.21. The highest BCUT2D eigenvalue weighted by Crippen LogP contribution is 2.34. The van der Waals surface area contributed by atoms with Crippen molar-refractivity contribution in [2.45, 2.75) is 12.2 Å². The van der Waals surface area contributed by atoms with E-state index >= 15 is 0 Å². The average Bonchev–Trinajstić information content (AvgIpc) is 2.34. The van der Waals surface area contributed by atoms with Crippen molar-refractivity contribution in [3.05, 3.63) is 66.5 Å². The van der Waals surface area contributed by atoms with Crippen LogP contribution in [0, 0.1) is 0 Å². The minimum Gasteiger partial charge on any atom is -0.385 e. The maximum atomic E-state index is 10.3. The van der Waals surface area contributed by atoms with Crippen molar-refractivity contribution in [1.82, 2.24) is 0 Å². The van der Waals surface area contributed by atoms with E-state index in [2.05, 4.69) is 31.9 Å². The van der Waals surface area contributed by atoms with E-state index in [-0.39, 0.29) is 0 Å². The van der Waals surface area contributed by atoms with Crippen molar-refractivity contribution < 1.29 is 10.2 Å². The monoisotopic (exact) mass is 438 g/mol. The van der Waals surface area contributed by atoms with E-state index in [0.717, 1.165) is 8.95 Å². The molecule has 0 bridgehead atoms. The third kappa shape index (κ3) is 3.97. The van der Waals surface area contributed by atoms with Gasteiger partial charge in [0.1, 0.15) is 12.2 Å². The van der Waals surface area contributed by atoms with E-state index < -0.39 is 12.2 Å². The van der Waals surface area contributed by atoms with Crippen LogP contribution in [0.25, 0.3) is 0 Å². The van der Waals surface area contributed by atoms with Crippen molar-refractivity contribution in [3.63, 3.8) is 0 Å². The number of halogens is 4. The Morgan fingerprint density at radius 1 is 0.700 bits per heavy atom. The fourth-order valence-electron chi connectivity index (χ4n) is 1.86. The molecule has 0 aliphatic rings. The lowest BCUT2D eigenvalue weighted by molar-refractivity contribution is 0.0172. The molecule has 0 aliphatic carbocycles. The highest BCUT2D eigenvalue weighted by atomic mass is 79.9. The minimum absolute atomic E-state index is 0.480. The molecule has 0 saturated heterocycles. The van der Waals surface area contributed by atoms with Crippen LogP contribution in [-0.4, -0.2) is 10.2 Å². The molecule has 2 unspecified atom stereocenters. The first-order valence-electron chi connectivity index (χ1n) is 5.65. The van der Waals surface area contributed by atoms with Crippen molar-refractivity contribution in [1.29, 1.82) is 0 Å². The fraction of sp³-hybridized carbons (Fsp3) is 0.143. The van der Waals surface area contributed by atoms with Gasteiger partial charge in [0.2, 0.25) is 0 Å². The fourth-order valence-corrected chi connectivity index (χ4v) is 3.63. The second-order valence-electron chi connectivity index (χ2n) is 4.30. The molecule has 0 aromatic heterocycles. The van der Waals surface area contributed by atoms with Gasteiger partial charge in [-0.25, -0.2) is 0 Å². The molecule has 0 spiro atoms. The topological polar surface area (TPSA) is 40.5 Å². The molecule has 20 heavy (non-hydrogen) atoms. The Morgan fingerprint density at radius 2 is 1.05 bits per heavy atom. The molecule has 2 atom stereocenters. The van der Waals surface area contributed by atoms with Crippen LogP contribution in [0.1, 0.15) is 23.3 Å². The molecular formula is C14H10Br2Cl2O2. The van der Waals surface area contributed by atoms with Crippen LogP contribution >= 0.6 is 55.1 Å². The highest BCUT2D eigenvalue weighted by molar-refractivity contribution is 9.10. The molecule has 6 heteroatoms. The van der Waals surface area contributed by atoms with Gasteiger partial charge in [0.25, 0.3) is 0 Å². The van der Waals surface area contributed by atoms with Crippen LogP contribution in [-0.2, 0) is 0 Å². The molecule has 0 fully saturated rings. The number of hydrogen-bond donors (Lipinski definition) is 2. The second kappa shape index (κ2) is 6.77. The Labute approximate surface area is 143 Å². The lowest BCUT2D eigenvalue weighted by Crippen LogP contribution is -2.10. The Bertz CT molecular complexity index is 539. The molecule has 2 aromatic carbocycles. The van der Waals surface area contributed by atoms with Gasteiger partial charge >= 0.3 is 0 Å². The number of aliphatic hydroxyl groups excluding tert-OH is 2. The Hall–Kier alpha value is -0.100. The van der Waals surface area contributed by atoms with E-state index in [1.807, 2.05) is 0 Å². The van der Waals surface area contributed by atoms with E-state index in [1.165, 1.54) is 0 Å². The zero-order valence-electron chi connectivity index (χ0n) is 10.0. The summed E-state index contributed by atoms with van der Waals surface area (Å²) in [5.41, 5.74) is 1.04. The van der Waals surface area contributed by atoms with Gasteiger partial charge in [0.05, 0.1) is 0 Å². The Kier molecular flexibility index (Phi) is 5.51. The summed E-state index contributed by atoms with van der Waals surface area (Å²) in [4.78, 5) is 0. The lowest BCUT2D eigenvalue weighted by Gasteiger charge is -2.19. The molecule has 2 N–H and O–H groups in total. The molecular weight excluding hydrogens is 431 g/mol. The first-order chi connectivity index (χ1) is 9.36. The van der Waals surface area contributed by atoms with Gasteiger partial charge in [-0.3, -0.25) is 0 Å². The summed E-state index contributed by atoms with van der Waals surface area (Å²) in [7, 11) is 0. The quantitative estimate of drug-likeness (QED) is 0.681. The Morgan fingerprint density at radius 3 is 1.35 bits per heavy atom. The van der Waals surface area contributed by atoms with E-state index in [1.54, 1.807) is 36.4 Å². The van der Waals surface area contributed by atoms with Gasteiger partial charge in [0, 0.05) is 19.0 Å². The normalized spacial score (nSPS) is 14.1. The maximum absolute atomic E-state index is 10.3. The summed E-state index contributed by atoms with van der Waals surface area (Å²) in [5, 5.41) is 21.5. The van der Waals surface area contributed by atoms with Crippen molar-refractivity contribution in [2.24, 2.45) is 0 Å². The zero-order valence-corrected chi connectivity index (χ0v) is 14.7. The maximum Gasteiger partial charge on any atom is 0.109 e. The standard InChI is InChI=1S/C14H10Br2Cl2O2/c15-9-1-7(3-11(17)5-9)13(19)14(20)8-2-10(16)6-12(18)4-8/h1-6,13-14,19-20H. The van der Waals surface area contributed by atoms with Crippen molar-refractivity contribution >= 4 is 55.1 Å². The van der Waals surface area contributed by atoms with Crippen LogP contribution in [0.2, 0.25) is 10.0 Å². The van der Waals surface area contributed by atoms with E-state index in [9.17, 15) is 10.2 Å². The smallest absolute Gasteiger partial charge is 0.109 e. The van der Waals surface area contributed by atoms with Crippen LogP contribution in [0.4, 0.5) is 0 Å². The van der Waals surface area contributed by atoms with Gasteiger partial charge in [-0.1, -0.05) is 55.1 Å². The van der Waals surface area contributed by atoms with E-state index in [4.69, 9.17) is 23.2 Å². The summed E-state index contributed by atoms with van der Waals surface area (Å²) in [6, 6.07) is 10.1. The molecule has 0 heterocycles. The van der Waals surface area contributed by atoms with Gasteiger partial charge in [-0.15, -0.1) is 0 Å². The van der Waals surface area contributed by atoms with Gasteiger partial charge in [-0.05, 0) is 47.5 Å². The summed E-state index contributed by atoms with van der Waals surface area (Å²) in [5.74, 6) is 0. The molecule has 106 valence electrons. The molecule has 2 aromatic rings. The summed E-state index contributed by atoms with van der Waals surface area (Å²) in [6.45, 7) is 0. The van der Waals surface area contributed by atoms with Crippen molar-refractivity contribution in [3.8, 4) is 0 Å². The number of benzene rings is 2. The zero-order chi connectivity index (χ0) is 14.9. The molecule has 0 aliphatic heterocycles. The summed E-state index contributed by atoms with van der Waals surface area (Å²) >= 11 is 18.5. The number of hydrogen-bond acceptors (Lipinski definition) is 2. The molecule has 2 nitrogen and oxygen atoms in total. The van der Waals surface area contributed by atoms with Gasteiger partial charge < -0.3 is 10.2 Å². The van der Waals surface area contributed by atoms with Gasteiger partial charge in [0.15, 0.2) is 0 Å². The van der Waals surface area contributed by atoms with E-state index in [0.29, 0.717) is 21.2 Å². The van der Waals surface area contributed by atoms with Gasteiger partial charge in [-0.2, -0.15) is 0 Å². The Balaban J connectivity index is 2.34. The number of rotatable bonds is 3. The first kappa shape index (κ1) is 16.3. The lowest BCUT2D eigenvalue weighted by atomic mass is 9.98. The molecule has 0 saturated carbocycles. The van der Waals surface area contributed by atoms with Crippen molar-refractivity contribution in [2.75, 3.05) is 0 Å². The number of aliphatic hydroxyl groups is 2. The summed E-state index contributed by atoms with van der Waals surface area (Å²) < 4.78 is 1.47. The largest absolute Gasteiger partial charge is 0.385 e. The minimum atomic E-state index is -1.10. The third-order valence-corrected chi connectivity index (χ3v) is 4.10. The first-order valence-corrected chi connectivity index (χ1v) is 7.99. The van der Waals surface area contributed by atoms with Crippen LogP contribution in [0.3, 0.4) is 0 Å². The predicted octanol–water partition coefficient (Wildman–Crippen LogP) is 5.29. The predicted molar refractivity (Wildman–Crippen MR) is 88.2 cm³/mol.